The van der Waals surface area contributed by atoms with Crippen molar-refractivity contribution in [1.82, 2.24) is 0 Å². The van der Waals surface area contributed by atoms with Gasteiger partial charge in [-0.05, 0) is 33.5 Å². The van der Waals surface area contributed by atoms with E-state index in [1.165, 1.54) is 0 Å². The first-order valence-electron chi connectivity index (χ1n) is 4.56. The molecule has 0 amide bonds. The molecule has 0 N–H and O–H groups in total. The molecule has 0 spiro atoms. The van der Waals surface area contributed by atoms with E-state index in [0.29, 0.717) is 12.6 Å². The third-order valence-corrected chi connectivity index (χ3v) is 2.10. The Kier molecular flexibility index (Phi) is 4.84. The van der Waals surface area contributed by atoms with Gasteiger partial charge in [-0.3, -0.25) is 0 Å². The van der Waals surface area contributed by atoms with Crippen molar-refractivity contribution in [2.75, 3.05) is 6.61 Å². The molecule has 0 aromatic rings. The lowest BCUT2D eigenvalue weighted by atomic mass is 10.3. The van der Waals surface area contributed by atoms with Gasteiger partial charge in [0.1, 0.15) is 0 Å². The molecule has 0 saturated carbocycles. The third kappa shape index (κ3) is 5.52. The van der Waals surface area contributed by atoms with Gasteiger partial charge in [0.15, 0.2) is 0 Å². The molecule has 3 heteroatoms. The Morgan fingerprint density at radius 1 is 1.38 bits per heavy atom. The highest BCUT2D eigenvalue weighted by molar-refractivity contribution is 6.70. The molecule has 13 heavy (non-hydrogen) atoms. The lowest BCUT2D eigenvalue weighted by Gasteiger charge is -2.22. The Hall–Kier alpha value is -0.703. The van der Waals surface area contributed by atoms with Crippen LogP contribution in [0.25, 0.3) is 0 Å². The molecular weight excluding hydrogens is 180 g/mol. The summed E-state index contributed by atoms with van der Waals surface area (Å²) in [5.41, 5.74) is 0.962. The fourth-order valence-electron chi connectivity index (χ4n) is 0.716. The Morgan fingerprint density at radius 3 is 2.23 bits per heavy atom. The van der Waals surface area contributed by atoms with Crippen LogP contribution in [0.4, 0.5) is 0 Å². The number of hydrogen-bond donors (Lipinski definition) is 0. The fraction of sp³-hybridized carbons (Fsp3) is 0.600. The third-order valence-electron chi connectivity index (χ3n) is 1.30. The van der Waals surface area contributed by atoms with Gasteiger partial charge in [0.2, 0.25) is 8.32 Å². The van der Waals surface area contributed by atoms with Crippen molar-refractivity contribution in [2.45, 2.75) is 33.5 Å². The predicted octanol–water partition coefficient (Wildman–Crippen LogP) is 3.29. The van der Waals surface area contributed by atoms with E-state index in [2.05, 4.69) is 26.2 Å². The molecule has 0 aliphatic carbocycles. The van der Waals surface area contributed by atoms with Crippen molar-refractivity contribution in [1.29, 1.82) is 0 Å². The van der Waals surface area contributed by atoms with Gasteiger partial charge in [-0.15, -0.1) is 0 Å². The highest BCUT2D eigenvalue weighted by Gasteiger charge is 2.19. The molecule has 76 valence electrons. The minimum Gasteiger partial charge on any atom is -0.520 e. The van der Waals surface area contributed by atoms with Gasteiger partial charge in [-0.25, -0.2) is 0 Å². The van der Waals surface area contributed by atoms with Gasteiger partial charge < -0.3 is 9.16 Å². The van der Waals surface area contributed by atoms with E-state index in [9.17, 15) is 0 Å². The minimum absolute atomic E-state index is 0.630. The molecule has 0 radical (unpaired) electrons. The normalized spacial score (nSPS) is 13.3. The van der Waals surface area contributed by atoms with E-state index in [0.717, 1.165) is 5.57 Å². The predicted molar refractivity (Wildman–Crippen MR) is 59.0 cm³/mol. The van der Waals surface area contributed by atoms with Crippen LogP contribution in [0.1, 0.15) is 13.8 Å². The number of rotatable bonds is 5. The van der Waals surface area contributed by atoms with E-state index in [4.69, 9.17) is 9.16 Å². The van der Waals surface area contributed by atoms with Crippen LogP contribution in [-0.2, 0) is 9.16 Å². The highest BCUT2D eigenvalue weighted by atomic mass is 28.4. The zero-order valence-electron chi connectivity index (χ0n) is 9.31. The Labute approximate surface area is 82.4 Å². The zero-order valence-corrected chi connectivity index (χ0v) is 10.3. The lowest BCUT2D eigenvalue weighted by Crippen LogP contribution is -2.26. The fourth-order valence-corrected chi connectivity index (χ4v) is 1.49. The van der Waals surface area contributed by atoms with Crippen molar-refractivity contribution in [3.63, 3.8) is 0 Å². The molecule has 0 heterocycles. The number of ether oxygens (including phenoxy) is 1. The highest BCUT2D eigenvalue weighted by Crippen LogP contribution is 2.15. The van der Waals surface area contributed by atoms with Gasteiger partial charge in [0.25, 0.3) is 5.95 Å². The van der Waals surface area contributed by atoms with E-state index < -0.39 is 8.32 Å². The van der Waals surface area contributed by atoms with Gasteiger partial charge in [0, 0.05) is 5.57 Å². The minimum atomic E-state index is -1.57. The SMILES string of the molecule is C=CC(C)=C(OCC)O[Si](C)(C)C. The van der Waals surface area contributed by atoms with E-state index >= 15 is 0 Å². The van der Waals surface area contributed by atoms with Gasteiger partial charge >= 0.3 is 0 Å². The smallest absolute Gasteiger partial charge is 0.268 e. The topological polar surface area (TPSA) is 18.5 Å². The van der Waals surface area contributed by atoms with Crippen LogP contribution in [0, 0.1) is 0 Å². The van der Waals surface area contributed by atoms with E-state index in [1.807, 2.05) is 13.8 Å². The van der Waals surface area contributed by atoms with Crippen LogP contribution in [-0.4, -0.2) is 14.9 Å². The maximum Gasteiger partial charge on any atom is 0.268 e. The van der Waals surface area contributed by atoms with Gasteiger partial charge in [-0.2, -0.15) is 0 Å². The summed E-state index contributed by atoms with van der Waals surface area (Å²) in [7, 11) is -1.57. The van der Waals surface area contributed by atoms with Gasteiger partial charge in [0.05, 0.1) is 6.61 Å². The second-order valence-electron chi connectivity index (χ2n) is 3.82. The summed E-state index contributed by atoms with van der Waals surface area (Å²) in [4.78, 5) is 0. The number of allylic oxidation sites excluding steroid dienone is 2. The van der Waals surface area contributed by atoms with E-state index in [1.54, 1.807) is 6.08 Å². The monoisotopic (exact) mass is 200 g/mol. The van der Waals surface area contributed by atoms with Crippen LogP contribution in [0.5, 0.6) is 0 Å². The summed E-state index contributed by atoms with van der Waals surface area (Å²) in [5.74, 6) is 0.636. The summed E-state index contributed by atoms with van der Waals surface area (Å²) in [6.45, 7) is 14.6. The molecule has 2 nitrogen and oxygen atoms in total. The second kappa shape index (κ2) is 5.12. The summed E-state index contributed by atoms with van der Waals surface area (Å²) in [6, 6.07) is 0. The summed E-state index contributed by atoms with van der Waals surface area (Å²) >= 11 is 0. The largest absolute Gasteiger partial charge is 0.520 e. The van der Waals surface area contributed by atoms with Crippen LogP contribution in [0.3, 0.4) is 0 Å². The molecular formula is C10H20O2Si. The molecule has 0 fully saturated rings. The van der Waals surface area contributed by atoms with Crippen molar-refractivity contribution in [3.05, 3.63) is 24.2 Å². The average molecular weight is 200 g/mol. The molecule has 0 saturated heterocycles. The average Bonchev–Trinajstić information content (AvgIpc) is 2.00. The maximum atomic E-state index is 5.76. The molecule has 0 aliphatic rings. The van der Waals surface area contributed by atoms with Crippen molar-refractivity contribution in [3.8, 4) is 0 Å². The standard InChI is InChI=1S/C10H20O2Si/c1-7-9(3)10(11-8-2)12-13(4,5)6/h7H,1,8H2,2-6H3. The van der Waals surface area contributed by atoms with Gasteiger partial charge in [-0.1, -0.05) is 12.7 Å². The van der Waals surface area contributed by atoms with Crippen molar-refractivity contribution < 1.29 is 9.16 Å². The van der Waals surface area contributed by atoms with Crippen LogP contribution < -0.4 is 0 Å². The van der Waals surface area contributed by atoms with E-state index in [-0.39, 0.29) is 0 Å². The second-order valence-corrected chi connectivity index (χ2v) is 8.25. The lowest BCUT2D eigenvalue weighted by molar-refractivity contribution is 0.109. The first-order valence-corrected chi connectivity index (χ1v) is 7.96. The summed E-state index contributed by atoms with van der Waals surface area (Å²) in [5, 5.41) is 0. The summed E-state index contributed by atoms with van der Waals surface area (Å²) < 4.78 is 11.1. The molecule has 0 bridgehead atoms. The zero-order chi connectivity index (χ0) is 10.5. The van der Waals surface area contributed by atoms with Crippen molar-refractivity contribution in [2.24, 2.45) is 0 Å². The molecule has 0 unspecified atom stereocenters. The first-order chi connectivity index (χ1) is 5.90. The molecule has 0 atom stereocenters. The molecule has 0 aromatic carbocycles. The van der Waals surface area contributed by atoms with Crippen LogP contribution in [0.15, 0.2) is 24.2 Å². The molecule has 0 aromatic heterocycles. The number of hydrogen-bond acceptors (Lipinski definition) is 2. The Bertz CT molecular complexity index is 201. The summed E-state index contributed by atoms with van der Waals surface area (Å²) in [6.07, 6.45) is 1.76. The molecule has 0 aliphatic heterocycles. The quantitative estimate of drug-likeness (QED) is 0.385. The van der Waals surface area contributed by atoms with Crippen molar-refractivity contribution >= 4 is 8.32 Å². The first kappa shape index (κ1) is 12.3. The van der Waals surface area contributed by atoms with Crippen LogP contribution in [0.2, 0.25) is 19.6 Å². The Morgan fingerprint density at radius 2 is 1.92 bits per heavy atom. The molecule has 0 rings (SSSR count). The Balaban J connectivity index is 4.53. The maximum absolute atomic E-state index is 5.76. The van der Waals surface area contributed by atoms with Crippen LogP contribution >= 0.6 is 0 Å².